The highest BCUT2D eigenvalue weighted by Gasteiger charge is 2.05. The fourth-order valence-corrected chi connectivity index (χ4v) is 0.574. The molecule has 12 heavy (non-hydrogen) atoms. The molecule has 0 aliphatic carbocycles. The highest BCUT2D eigenvalue weighted by molar-refractivity contribution is 5.80. The fourth-order valence-electron chi connectivity index (χ4n) is 0.574. The van der Waals surface area contributed by atoms with Crippen LogP contribution in [0.15, 0.2) is 37.1 Å². The van der Waals surface area contributed by atoms with Gasteiger partial charge in [0.05, 0.1) is 0 Å². The van der Waals surface area contributed by atoms with E-state index in [9.17, 15) is 4.79 Å². The van der Waals surface area contributed by atoms with Crippen LogP contribution in [0.2, 0.25) is 0 Å². The number of hydrogen-bond donors (Lipinski definition) is 1. The molecule has 0 spiro atoms. The quantitative estimate of drug-likeness (QED) is 0.634. The predicted octanol–water partition coefficient (Wildman–Crippen LogP) is 2.01. The second-order valence-corrected chi connectivity index (χ2v) is 2.71. The average molecular weight is 165 g/mol. The SMILES string of the molecule is C=CC=C(C=C)NC(=O)C(C)C. The van der Waals surface area contributed by atoms with Crippen LogP contribution in [0, 0.1) is 5.92 Å². The molecule has 0 saturated heterocycles. The van der Waals surface area contributed by atoms with Crippen molar-refractivity contribution >= 4 is 5.91 Å². The lowest BCUT2D eigenvalue weighted by Crippen LogP contribution is -2.26. The normalized spacial score (nSPS) is 11.1. The summed E-state index contributed by atoms with van der Waals surface area (Å²) in [5.41, 5.74) is 0.684. The van der Waals surface area contributed by atoms with Gasteiger partial charge in [-0.15, -0.1) is 0 Å². The molecule has 0 aliphatic rings. The standard InChI is InChI=1S/C10H15NO/c1-5-7-9(6-2)11-10(12)8(3)4/h5-8H,1-2H2,3-4H3,(H,11,12). The van der Waals surface area contributed by atoms with Gasteiger partial charge in [0.15, 0.2) is 0 Å². The van der Waals surface area contributed by atoms with Crippen LogP contribution in [0.3, 0.4) is 0 Å². The molecule has 2 heteroatoms. The Balaban J connectivity index is 4.21. The third-order valence-corrected chi connectivity index (χ3v) is 1.31. The van der Waals surface area contributed by atoms with Gasteiger partial charge in [0.2, 0.25) is 5.91 Å². The summed E-state index contributed by atoms with van der Waals surface area (Å²) >= 11 is 0. The Morgan fingerprint density at radius 2 is 2.00 bits per heavy atom. The number of nitrogens with one attached hydrogen (secondary N) is 1. The van der Waals surface area contributed by atoms with Crippen molar-refractivity contribution in [3.05, 3.63) is 37.1 Å². The van der Waals surface area contributed by atoms with Crippen LogP contribution in [-0.4, -0.2) is 5.91 Å². The van der Waals surface area contributed by atoms with Crippen LogP contribution in [0.1, 0.15) is 13.8 Å². The maximum absolute atomic E-state index is 11.2. The van der Waals surface area contributed by atoms with E-state index in [0.29, 0.717) is 5.70 Å². The first-order valence-corrected chi connectivity index (χ1v) is 3.87. The van der Waals surface area contributed by atoms with Gasteiger partial charge in [0, 0.05) is 11.6 Å². The summed E-state index contributed by atoms with van der Waals surface area (Å²) in [5.74, 6) is -0.0267. The summed E-state index contributed by atoms with van der Waals surface area (Å²) in [7, 11) is 0. The third-order valence-electron chi connectivity index (χ3n) is 1.31. The average Bonchev–Trinajstić information content (AvgIpc) is 2.03. The second-order valence-electron chi connectivity index (χ2n) is 2.71. The summed E-state index contributed by atoms with van der Waals surface area (Å²) in [4.78, 5) is 11.2. The lowest BCUT2D eigenvalue weighted by atomic mass is 10.2. The summed E-state index contributed by atoms with van der Waals surface area (Å²) in [5, 5.41) is 2.70. The first kappa shape index (κ1) is 10.7. The summed E-state index contributed by atoms with van der Waals surface area (Å²) in [6.45, 7) is 10.8. The van der Waals surface area contributed by atoms with Gasteiger partial charge in [-0.3, -0.25) is 4.79 Å². The van der Waals surface area contributed by atoms with Crippen molar-refractivity contribution in [2.24, 2.45) is 5.92 Å². The van der Waals surface area contributed by atoms with Crippen molar-refractivity contribution in [3.63, 3.8) is 0 Å². The lowest BCUT2D eigenvalue weighted by Gasteiger charge is -2.06. The Morgan fingerprint density at radius 3 is 2.33 bits per heavy atom. The molecule has 1 N–H and O–H groups in total. The lowest BCUT2D eigenvalue weighted by molar-refractivity contribution is -0.123. The molecule has 0 unspecified atom stereocenters. The molecule has 0 heterocycles. The molecule has 0 aromatic rings. The molecule has 0 aliphatic heterocycles. The molecule has 0 bridgehead atoms. The molecule has 2 nitrogen and oxygen atoms in total. The Bertz CT molecular complexity index is 214. The summed E-state index contributed by atoms with van der Waals surface area (Å²) in [6, 6.07) is 0. The van der Waals surface area contributed by atoms with E-state index < -0.39 is 0 Å². The maximum Gasteiger partial charge on any atom is 0.226 e. The smallest absolute Gasteiger partial charge is 0.226 e. The Kier molecular flexibility index (Phi) is 4.77. The Hall–Kier alpha value is -1.31. The fraction of sp³-hybridized carbons (Fsp3) is 0.300. The van der Waals surface area contributed by atoms with Crippen LogP contribution in [0.4, 0.5) is 0 Å². The first-order valence-electron chi connectivity index (χ1n) is 3.87. The van der Waals surface area contributed by atoms with E-state index in [0.717, 1.165) is 0 Å². The van der Waals surface area contributed by atoms with E-state index in [1.807, 2.05) is 13.8 Å². The van der Waals surface area contributed by atoms with Crippen molar-refractivity contribution in [2.45, 2.75) is 13.8 Å². The highest BCUT2D eigenvalue weighted by atomic mass is 16.1. The maximum atomic E-state index is 11.2. The predicted molar refractivity (Wildman–Crippen MR) is 51.5 cm³/mol. The van der Waals surface area contributed by atoms with E-state index in [-0.39, 0.29) is 11.8 Å². The van der Waals surface area contributed by atoms with Crippen molar-refractivity contribution in [3.8, 4) is 0 Å². The Morgan fingerprint density at radius 1 is 1.42 bits per heavy atom. The molecule has 0 atom stereocenters. The number of carbonyl (C=O) groups excluding carboxylic acids is 1. The molecular weight excluding hydrogens is 150 g/mol. The minimum absolute atomic E-state index is 0.0111. The number of carbonyl (C=O) groups is 1. The molecule has 0 aromatic carbocycles. The van der Waals surface area contributed by atoms with E-state index in [2.05, 4.69) is 18.5 Å². The van der Waals surface area contributed by atoms with Crippen LogP contribution in [-0.2, 0) is 4.79 Å². The van der Waals surface area contributed by atoms with Gasteiger partial charge in [0.25, 0.3) is 0 Å². The highest BCUT2D eigenvalue weighted by Crippen LogP contribution is 1.96. The zero-order valence-electron chi connectivity index (χ0n) is 7.63. The molecule has 0 saturated carbocycles. The number of hydrogen-bond acceptors (Lipinski definition) is 1. The van der Waals surface area contributed by atoms with Gasteiger partial charge in [-0.25, -0.2) is 0 Å². The largest absolute Gasteiger partial charge is 0.326 e. The van der Waals surface area contributed by atoms with Gasteiger partial charge >= 0.3 is 0 Å². The van der Waals surface area contributed by atoms with Crippen LogP contribution >= 0.6 is 0 Å². The zero-order valence-corrected chi connectivity index (χ0v) is 7.63. The van der Waals surface area contributed by atoms with Crippen LogP contribution in [0.5, 0.6) is 0 Å². The van der Waals surface area contributed by atoms with Crippen molar-refractivity contribution in [2.75, 3.05) is 0 Å². The molecule has 0 rings (SSSR count). The molecule has 0 radical (unpaired) electrons. The van der Waals surface area contributed by atoms with E-state index in [4.69, 9.17) is 0 Å². The number of amides is 1. The molecule has 0 fully saturated rings. The van der Waals surface area contributed by atoms with E-state index in [1.54, 1.807) is 18.2 Å². The second kappa shape index (κ2) is 5.35. The molecule has 1 amide bonds. The van der Waals surface area contributed by atoms with Crippen LogP contribution < -0.4 is 5.32 Å². The van der Waals surface area contributed by atoms with Crippen molar-refractivity contribution in [1.29, 1.82) is 0 Å². The topological polar surface area (TPSA) is 29.1 Å². The summed E-state index contributed by atoms with van der Waals surface area (Å²) < 4.78 is 0. The van der Waals surface area contributed by atoms with Crippen LogP contribution in [0.25, 0.3) is 0 Å². The van der Waals surface area contributed by atoms with Gasteiger partial charge in [-0.05, 0) is 12.2 Å². The first-order chi connectivity index (χ1) is 5.61. The third kappa shape index (κ3) is 3.76. The van der Waals surface area contributed by atoms with E-state index >= 15 is 0 Å². The van der Waals surface area contributed by atoms with Gasteiger partial charge < -0.3 is 5.32 Å². The number of allylic oxidation sites excluding steroid dienone is 3. The number of rotatable bonds is 4. The molecule has 66 valence electrons. The van der Waals surface area contributed by atoms with Gasteiger partial charge in [0.1, 0.15) is 0 Å². The zero-order chi connectivity index (χ0) is 9.56. The van der Waals surface area contributed by atoms with Gasteiger partial charge in [-0.2, -0.15) is 0 Å². The minimum Gasteiger partial charge on any atom is -0.326 e. The minimum atomic E-state index is -0.0156. The van der Waals surface area contributed by atoms with Crippen molar-refractivity contribution < 1.29 is 4.79 Å². The van der Waals surface area contributed by atoms with Gasteiger partial charge in [-0.1, -0.05) is 33.1 Å². The molecular formula is C10H15NO. The molecule has 0 aromatic heterocycles. The summed E-state index contributed by atoms with van der Waals surface area (Å²) in [6.07, 6.45) is 4.90. The monoisotopic (exact) mass is 165 g/mol. The van der Waals surface area contributed by atoms with E-state index in [1.165, 1.54) is 0 Å². The Labute approximate surface area is 73.7 Å². The van der Waals surface area contributed by atoms with Crippen molar-refractivity contribution in [1.82, 2.24) is 5.32 Å².